The standard InChI is InChI=1S/C21H23FN4O.ClH/c1-2-17-15(6-8-18(23)24-17)20-16(22)7-4-14-5-9-19(25-21(14)20)26-10-3-12-27-13-11-26;/h4-9H,2-3,10-13H2,1H3,(H2,23,24);1H. The molecule has 1 aliphatic rings. The number of nitrogens with zero attached hydrogens (tertiary/aromatic N) is 3. The molecular weight excluding hydrogens is 379 g/mol. The second-order valence-electron chi connectivity index (χ2n) is 6.70. The highest BCUT2D eigenvalue weighted by molar-refractivity contribution is 5.95. The highest BCUT2D eigenvalue weighted by atomic mass is 35.5. The van der Waals surface area contributed by atoms with Crippen molar-refractivity contribution in [1.29, 1.82) is 0 Å². The van der Waals surface area contributed by atoms with Crippen molar-refractivity contribution in [2.45, 2.75) is 19.8 Å². The predicted octanol–water partition coefficient (Wildman–Crippen LogP) is 4.23. The van der Waals surface area contributed by atoms with Gasteiger partial charge >= 0.3 is 0 Å². The topological polar surface area (TPSA) is 64.3 Å². The number of ether oxygens (including phenoxy) is 1. The molecule has 3 aromatic rings. The van der Waals surface area contributed by atoms with Crippen molar-refractivity contribution in [2.24, 2.45) is 0 Å². The van der Waals surface area contributed by atoms with Crippen LogP contribution in [0.1, 0.15) is 19.0 Å². The highest BCUT2D eigenvalue weighted by Crippen LogP contribution is 2.34. The van der Waals surface area contributed by atoms with Crippen molar-refractivity contribution >= 4 is 34.9 Å². The van der Waals surface area contributed by atoms with E-state index in [0.29, 0.717) is 29.9 Å². The lowest BCUT2D eigenvalue weighted by Crippen LogP contribution is -2.26. The van der Waals surface area contributed by atoms with Crippen LogP contribution >= 0.6 is 12.4 Å². The normalized spacial score (nSPS) is 14.6. The summed E-state index contributed by atoms with van der Waals surface area (Å²) in [6.07, 6.45) is 1.62. The van der Waals surface area contributed by atoms with Crippen LogP contribution in [0, 0.1) is 5.82 Å². The number of aryl methyl sites for hydroxylation is 1. The number of halogens is 2. The van der Waals surface area contributed by atoms with Crippen molar-refractivity contribution in [3.8, 4) is 11.1 Å². The molecule has 2 N–H and O–H groups in total. The van der Waals surface area contributed by atoms with E-state index in [2.05, 4.69) is 9.88 Å². The van der Waals surface area contributed by atoms with Gasteiger partial charge in [-0.3, -0.25) is 0 Å². The minimum absolute atomic E-state index is 0. The summed E-state index contributed by atoms with van der Waals surface area (Å²) in [5, 5.41) is 0.903. The fourth-order valence-electron chi connectivity index (χ4n) is 3.58. The van der Waals surface area contributed by atoms with E-state index in [4.69, 9.17) is 15.5 Å². The summed E-state index contributed by atoms with van der Waals surface area (Å²) >= 11 is 0. The summed E-state index contributed by atoms with van der Waals surface area (Å²) in [6, 6.07) is 10.8. The lowest BCUT2D eigenvalue weighted by Gasteiger charge is -2.21. The van der Waals surface area contributed by atoms with Crippen LogP contribution in [0.4, 0.5) is 16.0 Å². The van der Waals surface area contributed by atoms with Crippen molar-refractivity contribution in [3.05, 3.63) is 47.9 Å². The first-order valence-electron chi connectivity index (χ1n) is 9.35. The molecule has 1 saturated heterocycles. The third kappa shape index (κ3) is 3.88. The number of benzene rings is 1. The van der Waals surface area contributed by atoms with Gasteiger partial charge in [0.15, 0.2) is 0 Å². The zero-order valence-electron chi connectivity index (χ0n) is 15.8. The van der Waals surface area contributed by atoms with Crippen molar-refractivity contribution in [2.75, 3.05) is 36.9 Å². The fourth-order valence-corrected chi connectivity index (χ4v) is 3.58. The van der Waals surface area contributed by atoms with Crippen LogP contribution in [0.3, 0.4) is 0 Å². The van der Waals surface area contributed by atoms with Crippen LogP contribution in [0.25, 0.3) is 22.0 Å². The van der Waals surface area contributed by atoms with Crippen LogP contribution in [0.2, 0.25) is 0 Å². The number of pyridine rings is 2. The van der Waals surface area contributed by atoms with Gasteiger partial charge in [0.2, 0.25) is 0 Å². The molecule has 5 nitrogen and oxygen atoms in total. The minimum atomic E-state index is -0.298. The molecular formula is C21H24ClFN4O. The summed E-state index contributed by atoms with van der Waals surface area (Å²) in [4.78, 5) is 11.4. The maximum absolute atomic E-state index is 14.9. The number of hydrogen-bond donors (Lipinski definition) is 1. The summed E-state index contributed by atoms with van der Waals surface area (Å²) in [5.41, 5.74) is 8.50. The molecule has 1 fully saturated rings. The Morgan fingerprint density at radius 2 is 1.89 bits per heavy atom. The third-order valence-corrected chi connectivity index (χ3v) is 4.94. The zero-order valence-corrected chi connectivity index (χ0v) is 16.6. The van der Waals surface area contributed by atoms with Crippen molar-refractivity contribution < 1.29 is 9.13 Å². The van der Waals surface area contributed by atoms with Crippen molar-refractivity contribution in [1.82, 2.24) is 9.97 Å². The Labute approximate surface area is 170 Å². The van der Waals surface area contributed by atoms with Crippen LogP contribution in [-0.4, -0.2) is 36.3 Å². The summed E-state index contributed by atoms with van der Waals surface area (Å²) in [7, 11) is 0. The first kappa shape index (κ1) is 20.3. The smallest absolute Gasteiger partial charge is 0.133 e. The third-order valence-electron chi connectivity index (χ3n) is 4.94. The molecule has 0 bridgehead atoms. The van der Waals surface area contributed by atoms with Gasteiger partial charge in [-0.1, -0.05) is 6.92 Å². The van der Waals surface area contributed by atoms with Crippen LogP contribution < -0.4 is 10.6 Å². The monoisotopic (exact) mass is 402 g/mol. The van der Waals surface area contributed by atoms with Crippen LogP contribution in [0.15, 0.2) is 36.4 Å². The molecule has 2 aromatic heterocycles. The second kappa shape index (κ2) is 8.71. The van der Waals surface area contributed by atoms with Crippen LogP contribution in [-0.2, 0) is 11.2 Å². The molecule has 4 rings (SSSR count). The molecule has 1 aromatic carbocycles. The molecule has 3 heterocycles. The molecule has 0 aliphatic carbocycles. The van der Waals surface area contributed by atoms with Gasteiger partial charge in [-0.25, -0.2) is 14.4 Å². The molecule has 0 radical (unpaired) electrons. The Balaban J connectivity index is 0.00000225. The number of hydrogen-bond acceptors (Lipinski definition) is 5. The molecule has 0 saturated carbocycles. The number of fused-ring (bicyclic) bond motifs is 1. The van der Waals surface area contributed by atoms with Gasteiger partial charge in [0, 0.05) is 36.2 Å². The Morgan fingerprint density at radius 1 is 1.07 bits per heavy atom. The molecule has 7 heteroatoms. The van der Waals surface area contributed by atoms with Gasteiger partial charge in [0.1, 0.15) is 17.5 Å². The van der Waals surface area contributed by atoms with E-state index < -0.39 is 0 Å². The maximum Gasteiger partial charge on any atom is 0.133 e. The van der Waals surface area contributed by atoms with E-state index in [9.17, 15) is 4.39 Å². The molecule has 148 valence electrons. The van der Waals surface area contributed by atoms with Gasteiger partial charge in [0.05, 0.1) is 17.8 Å². The first-order chi connectivity index (χ1) is 13.2. The maximum atomic E-state index is 14.9. The Hall–Kier alpha value is -2.44. The number of anilines is 2. The number of rotatable bonds is 3. The first-order valence-corrected chi connectivity index (χ1v) is 9.35. The average molecular weight is 403 g/mol. The summed E-state index contributed by atoms with van der Waals surface area (Å²) in [6.45, 7) is 5.10. The molecule has 0 amide bonds. The van der Waals surface area contributed by atoms with Gasteiger partial charge < -0.3 is 15.4 Å². The minimum Gasteiger partial charge on any atom is -0.384 e. The lowest BCUT2D eigenvalue weighted by atomic mass is 9.98. The fraction of sp³-hybridized carbons (Fsp3) is 0.333. The number of nitrogens with two attached hydrogens (primary N) is 1. The Kier molecular flexibility index (Phi) is 6.31. The zero-order chi connectivity index (χ0) is 18.8. The van der Waals surface area contributed by atoms with E-state index in [0.717, 1.165) is 48.6 Å². The SMILES string of the molecule is CCc1nc(N)ccc1-c1c(F)ccc2ccc(N3CCCOCC3)nc12.Cl. The van der Waals surface area contributed by atoms with Crippen LogP contribution in [0.5, 0.6) is 0 Å². The van der Waals surface area contributed by atoms with E-state index >= 15 is 0 Å². The van der Waals surface area contributed by atoms with E-state index in [1.165, 1.54) is 6.07 Å². The quantitative estimate of drug-likeness (QED) is 0.710. The van der Waals surface area contributed by atoms with E-state index in [-0.39, 0.29) is 18.2 Å². The van der Waals surface area contributed by atoms with Crippen molar-refractivity contribution in [3.63, 3.8) is 0 Å². The molecule has 28 heavy (non-hydrogen) atoms. The summed E-state index contributed by atoms with van der Waals surface area (Å²) < 4.78 is 20.5. The number of aromatic nitrogens is 2. The lowest BCUT2D eigenvalue weighted by molar-refractivity contribution is 0.152. The molecule has 0 atom stereocenters. The average Bonchev–Trinajstić information content (AvgIpc) is 2.97. The van der Waals surface area contributed by atoms with E-state index in [1.807, 2.05) is 25.1 Å². The highest BCUT2D eigenvalue weighted by Gasteiger charge is 2.18. The molecule has 1 aliphatic heterocycles. The predicted molar refractivity (Wildman–Crippen MR) is 114 cm³/mol. The van der Waals surface area contributed by atoms with Gasteiger partial charge in [-0.15, -0.1) is 12.4 Å². The summed E-state index contributed by atoms with van der Waals surface area (Å²) in [5.74, 6) is 0.989. The van der Waals surface area contributed by atoms with Gasteiger partial charge in [-0.05, 0) is 49.2 Å². The largest absolute Gasteiger partial charge is 0.384 e. The van der Waals surface area contributed by atoms with E-state index in [1.54, 1.807) is 12.1 Å². The van der Waals surface area contributed by atoms with Gasteiger partial charge in [0.25, 0.3) is 0 Å². The Morgan fingerprint density at radius 3 is 2.71 bits per heavy atom. The second-order valence-corrected chi connectivity index (χ2v) is 6.70. The molecule has 0 unspecified atom stereocenters. The Bertz CT molecular complexity index is 974. The number of nitrogen functional groups attached to an aromatic ring is 1. The molecule has 0 spiro atoms. The van der Waals surface area contributed by atoms with Gasteiger partial charge in [-0.2, -0.15) is 0 Å².